The summed E-state index contributed by atoms with van der Waals surface area (Å²) < 4.78 is 40.3. The number of benzene rings is 1. The van der Waals surface area contributed by atoms with E-state index >= 15 is 0 Å². The summed E-state index contributed by atoms with van der Waals surface area (Å²) in [6.45, 7) is 3.38. The van der Waals surface area contributed by atoms with Crippen LogP contribution in [0.3, 0.4) is 0 Å². The van der Waals surface area contributed by atoms with Crippen molar-refractivity contribution in [3.63, 3.8) is 0 Å². The third kappa shape index (κ3) is 3.08. The minimum absolute atomic E-state index is 0.229. The predicted octanol–water partition coefficient (Wildman–Crippen LogP) is 3.29. The fraction of sp³-hybridized carbons (Fsp3) is 0.154. The minimum Gasteiger partial charge on any atom is -0.278 e. The topological polar surface area (TPSA) is 59.1 Å². The van der Waals surface area contributed by atoms with E-state index in [1.165, 1.54) is 24.4 Å². The second kappa shape index (κ2) is 5.38. The molecule has 0 saturated carbocycles. The molecule has 1 N–H and O–H groups in total. The van der Waals surface area contributed by atoms with Crippen molar-refractivity contribution in [1.82, 2.24) is 4.98 Å². The highest BCUT2D eigenvalue weighted by molar-refractivity contribution is 7.92. The molecule has 0 bridgehead atoms. The lowest BCUT2D eigenvalue weighted by Crippen LogP contribution is -2.15. The van der Waals surface area contributed by atoms with E-state index in [-0.39, 0.29) is 10.8 Å². The summed E-state index contributed by atoms with van der Waals surface area (Å²) in [7, 11) is -4.00. The van der Waals surface area contributed by atoms with Crippen molar-refractivity contribution in [3.8, 4) is 0 Å². The van der Waals surface area contributed by atoms with Crippen LogP contribution in [0.1, 0.15) is 11.1 Å². The molecule has 2 rings (SSSR count). The second-order valence-corrected chi connectivity index (χ2v) is 6.38. The molecule has 4 nitrogen and oxygen atoms in total. The average Bonchev–Trinajstić information content (AvgIpc) is 2.36. The Labute approximate surface area is 121 Å². The maximum absolute atomic E-state index is 13.7. The fourth-order valence-corrected chi connectivity index (χ4v) is 2.94. The first-order valence-corrected chi connectivity index (χ1v) is 7.57. The van der Waals surface area contributed by atoms with E-state index in [1.54, 1.807) is 13.8 Å². The van der Waals surface area contributed by atoms with Gasteiger partial charge in [-0.15, -0.1) is 0 Å². The van der Waals surface area contributed by atoms with Crippen molar-refractivity contribution in [2.75, 3.05) is 4.72 Å². The van der Waals surface area contributed by atoms with Crippen LogP contribution in [-0.2, 0) is 10.0 Å². The molecular weight excluding hydrogens is 303 g/mol. The van der Waals surface area contributed by atoms with Gasteiger partial charge in [0.1, 0.15) is 15.9 Å². The quantitative estimate of drug-likeness (QED) is 0.884. The number of halogens is 2. The van der Waals surface area contributed by atoms with E-state index in [2.05, 4.69) is 9.71 Å². The second-order valence-electron chi connectivity index (χ2n) is 4.37. The van der Waals surface area contributed by atoms with Gasteiger partial charge in [0.2, 0.25) is 0 Å². The number of pyridine rings is 1. The van der Waals surface area contributed by atoms with E-state index in [0.29, 0.717) is 11.1 Å². The lowest BCUT2D eigenvalue weighted by molar-refractivity contribution is 0.570. The Balaban J connectivity index is 2.40. The third-order valence-electron chi connectivity index (χ3n) is 2.64. The number of nitrogens with one attached hydrogen (secondary N) is 1. The SMILES string of the molecule is Cc1ccc(F)c(S(=O)(=O)Nc2cnc(Cl)c(C)c2)c1. The van der Waals surface area contributed by atoms with Crippen molar-refractivity contribution >= 4 is 27.3 Å². The maximum atomic E-state index is 13.7. The van der Waals surface area contributed by atoms with Gasteiger partial charge < -0.3 is 0 Å². The highest BCUT2D eigenvalue weighted by Gasteiger charge is 2.19. The first-order chi connectivity index (χ1) is 9.29. The first-order valence-electron chi connectivity index (χ1n) is 5.71. The number of sulfonamides is 1. The van der Waals surface area contributed by atoms with Gasteiger partial charge in [-0.05, 0) is 43.2 Å². The number of nitrogens with zero attached hydrogens (tertiary/aromatic N) is 1. The van der Waals surface area contributed by atoms with Crippen LogP contribution in [0.4, 0.5) is 10.1 Å². The van der Waals surface area contributed by atoms with Gasteiger partial charge in [0.15, 0.2) is 0 Å². The number of anilines is 1. The molecule has 0 saturated heterocycles. The molecule has 0 aliphatic rings. The maximum Gasteiger partial charge on any atom is 0.264 e. The minimum atomic E-state index is -4.00. The van der Waals surface area contributed by atoms with Gasteiger partial charge in [-0.25, -0.2) is 17.8 Å². The Morgan fingerprint density at radius 3 is 2.60 bits per heavy atom. The largest absolute Gasteiger partial charge is 0.278 e. The van der Waals surface area contributed by atoms with Gasteiger partial charge in [0.25, 0.3) is 10.0 Å². The number of aryl methyl sites for hydroxylation is 2. The molecule has 1 aromatic heterocycles. The highest BCUT2D eigenvalue weighted by atomic mass is 35.5. The number of rotatable bonds is 3. The third-order valence-corrected chi connectivity index (χ3v) is 4.43. The normalized spacial score (nSPS) is 11.4. The van der Waals surface area contributed by atoms with Crippen LogP contribution in [0.5, 0.6) is 0 Å². The Morgan fingerprint density at radius 1 is 1.25 bits per heavy atom. The van der Waals surface area contributed by atoms with Crippen LogP contribution in [0.2, 0.25) is 5.15 Å². The molecule has 0 aliphatic heterocycles. The molecule has 0 amide bonds. The lowest BCUT2D eigenvalue weighted by atomic mass is 10.2. The molecule has 20 heavy (non-hydrogen) atoms. The molecule has 7 heteroatoms. The summed E-state index contributed by atoms with van der Waals surface area (Å²) >= 11 is 5.77. The molecule has 0 unspecified atom stereocenters. The zero-order valence-electron chi connectivity index (χ0n) is 10.8. The van der Waals surface area contributed by atoms with Crippen LogP contribution < -0.4 is 4.72 Å². The number of hydrogen-bond acceptors (Lipinski definition) is 3. The Bertz CT molecular complexity index is 763. The van der Waals surface area contributed by atoms with E-state index in [9.17, 15) is 12.8 Å². The zero-order valence-corrected chi connectivity index (χ0v) is 12.4. The molecule has 2 aromatic rings. The summed E-state index contributed by atoms with van der Waals surface area (Å²) in [4.78, 5) is 3.44. The summed E-state index contributed by atoms with van der Waals surface area (Å²) in [6, 6.07) is 5.42. The zero-order chi connectivity index (χ0) is 14.9. The highest BCUT2D eigenvalue weighted by Crippen LogP contribution is 2.22. The van der Waals surface area contributed by atoms with E-state index < -0.39 is 20.7 Å². The molecule has 0 fully saturated rings. The lowest BCUT2D eigenvalue weighted by Gasteiger charge is -2.10. The van der Waals surface area contributed by atoms with E-state index in [1.807, 2.05) is 0 Å². The van der Waals surface area contributed by atoms with Crippen molar-refractivity contribution in [1.29, 1.82) is 0 Å². The van der Waals surface area contributed by atoms with E-state index in [4.69, 9.17) is 11.6 Å². The van der Waals surface area contributed by atoms with Gasteiger partial charge in [-0.3, -0.25) is 4.72 Å². The first kappa shape index (κ1) is 14.7. The average molecular weight is 315 g/mol. The summed E-state index contributed by atoms with van der Waals surface area (Å²) in [6.07, 6.45) is 1.28. The number of aromatic nitrogens is 1. The van der Waals surface area contributed by atoms with Gasteiger partial charge in [0, 0.05) is 0 Å². The van der Waals surface area contributed by atoms with Crippen molar-refractivity contribution in [2.45, 2.75) is 18.7 Å². The molecule has 0 atom stereocenters. The fourth-order valence-electron chi connectivity index (χ4n) is 1.64. The molecule has 1 aromatic carbocycles. The molecule has 0 radical (unpaired) electrons. The Kier molecular flexibility index (Phi) is 3.96. The van der Waals surface area contributed by atoms with Gasteiger partial charge in [-0.2, -0.15) is 0 Å². The predicted molar refractivity (Wildman–Crippen MR) is 75.9 cm³/mol. The molecule has 1 heterocycles. The monoisotopic (exact) mass is 314 g/mol. The smallest absolute Gasteiger partial charge is 0.264 e. The van der Waals surface area contributed by atoms with Crippen LogP contribution in [0, 0.1) is 19.7 Å². The molecule has 0 aliphatic carbocycles. The van der Waals surface area contributed by atoms with Crippen molar-refractivity contribution in [2.24, 2.45) is 0 Å². The van der Waals surface area contributed by atoms with Crippen LogP contribution in [-0.4, -0.2) is 13.4 Å². The molecule has 106 valence electrons. The Hall–Kier alpha value is -1.66. The molecule has 0 spiro atoms. The van der Waals surface area contributed by atoms with Crippen molar-refractivity contribution in [3.05, 3.63) is 52.6 Å². The Morgan fingerprint density at radius 2 is 1.95 bits per heavy atom. The van der Waals surface area contributed by atoms with Crippen LogP contribution >= 0.6 is 11.6 Å². The number of hydrogen-bond donors (Lipinski definition) is 1. The standard InChI is InChI=1S/C13H12ClFN2O2S/c1-8-3-4-11(15)12(5-8)20(18,19)17-10-6-9(2)13(14)16-7-10/h3-7,17H,1-2H3. The summed E-state index contributed by atoms with van der Waals surface area (Å²) in [5, 5.41) is 0.287. The van der Waals surface area contributed by atoms with Crippen LogP contribution in [0.15, 0.2) is 35.4 Å². The summed E-state index contributed by atoms with van der Waals surface area (Å²) in [5.74, 6) is -0.804. The molecular formula is C13H12ClFN2O2S. The van der Waals surface area contributed by atoms with Gasteiger partial charge in [0.05, 0.1) is 11.9 Å². The van der Waals surface area contributed by atoms with Crippen molar-refractivity contribution < 1.29 is 12.8 Å². The van der Waals surface area contributed by atoms with Gasteiger partial charge in [-0.1, -0.05) is 17.7 Å². The van der Waals surface area contributed by atoms with Crippen LogP contribution in [0.25, 0.3) is 0 Å². The van der Waals surface area contributed by atoms with E-state index in [0.717, 1.165) is 6.07 Å². The summed E-state index contributed by atoms with van der Waals surface area (Å²) in [5.41, 5.74) is 1.50. The van der Waals surface area contributed by atoms with Gasteiger partial charge >= 0.3 is 0 Å².